The van der Waals surface area contributed by atoms with Crippen LogP contribution in [0.4, 0.5) is 5.69 Å². The van der Waals surface area contributed by atoms with Crippen molar-refractivity contribution in [2.24, 2.45) is 0 Å². The van der Waals surface area contributed by atoms with Crippen LogP contribution in [0, 0.1) is 6.92 Å². The summed E-state index contributed by atoms with van der Waals surface area (Å²) in [6.45, 7) is 6.90. The lowest BCUT2D eigenvalue weighted by atomic mass is 9.79. The zero-order chi connectivity index (χ0) is 14.0. The summed E-state index contributed by atoms with van der Waals surface area (Å²) < 4.78 is 0. The molecule has 2 nitrogen and oxygen atoms in total. The van der Waals surface area contributed by atoms with Crippen molar-refractivity contribution >= 4 is 5.69 Å². The smallest absolute Gasteiger partial charge is 0.0413 e. The highest BCUT2D eigenvalue weighted by atomic mass is 15.3. The van der Waals surface area contributed by atoms with E-state index in [0.717, 1.165) is 6.54 Å². The van der Waals surface area contributed by atoms with Crippen LogP contribution in [0.1, 0.15) is 51.0 Å². The van der Waals surface area contributed by atoms with E-state index >= 15 is 0 Å². The highest BCUT2D eigenvalue weighted by Gasteiger charge is 2.39. The summed E-state index contributed by atoms with van der Waals surface area (Å²) in [5, 5.41) is 3.91. The van der Waals surface area contributed by atoms with E-state index in [-0.39, 0.29) is 0 Å². The van der Waals surface area contributed by atoms with Crippen molar-refractivity contribution in [1.29, 1.82) is 0 Å². The van der Waals surface area contributed by atoms with Gasteiger partial charge in [-0.15, -0.1) is 0 Å². The van der Waals surface area contributed by atoms with Crippen LogP contribution in [0.2, 0.25) is 0 Å². The zero-order valence-electron chi connectivity index (χ0n) is 13.0. The Morgan fingerprint density at radius 3 is 2.65 bits per heavy atom. The van der Waals surface area contributed by atoms with E-state index in [2.05, 4.69) is 48.3 Å². The average Bonchev–Trinajstić information content (AvgIpc) is 2.49. The van der Waals surface area contributed by atoms with Crippen molar-refractivity contribution < 1.29 is 0 Å². The van der Waals surface area contributed by atoms with Gasteiger partial charge in [-0.25, -0.2) is 0 Å². The topological polar surface area (TPSA) is 15.3 Å². The molecule has 1 aliphatic heterocycles. The summed E-state index contributed by atoms with van der Waals surface area (Å²) in [7, 11) is 0. The van der Waals surface area contributed by atoms with Crippen molar-refractivity contribution in [2.45, 2.75) is 64.0 Å². The summed E-state index contributed by atoms with van der Waals surface area (Å²) in [5.74, 6) is 0. The maximum absolute atomic E-state index is 3.91. The van der Waals surface area contributed by atoms with Crippen LogP contribution in [-0.4, -0.2) is 24.7 Å². The summed E-state index contributed by atoms with van der Waals surface area (Å²) in [4.78, 5) is 2.69. The minimum atomic E-state index is 0.381. The summed E-state index contributed by atoms with van der Waals surface area (Å²) >= 11 is 0. The maximum atomic E-state index is 3.91. The number of nitrogens with zero attached hydrogens (tertiary/aromatic N) is 1. The monoisotopic (exact) mass is 272 g/mol. The predicted molar refractivity (Wildman–Crippen MR) is 86.4 cm³/mol. The standard InChI is InChI=1S/C18H28N2/c1-3-16-13-19-18(11-7-4-8-12-18)14-20(16)17-10-6-5-9-15(17)2/h5-6,9-10,16,19H,3-4,7-8,11-14H2,1-2H3. The van der Waals surface area contributed by atoms with Crippen LogP contribution < -0.4 is 10.2 Å². The molecule has 1 unspecified atom stereocenters. The first kappa shape index (κ1) is 13.9. The lowest BCUT2D eigenvalue weighted by Crippen LogP contribution is -2.65. The van der Waals surface area contributed by atoms with Gasteiger partial charge in [0.05, 0.1) is 0 Å². The fourth-order valence-corrected chi connectivity index (χ4v) is 4.05. The molecule has 1 aromatic rings. The first-order valence-electron chi connectivity index (χ1n) is 8.31. The zero-order valence-corrected chi connectivity index (χ0v) is 13.0. The third kappa shape index (κ3) is 2.58. The van der Waals surface area contributed by atoms with Crippen molar-refractivity contribution in [3.63, 3.8) is 0 Å². The number of rotatable bonds is 2. The van der Waals surface area contributed by atoms with Crippen LogP contribution >= 0.6 is 0 Å². The van der Waals surface area contributed by atoms with Gasteiger partial charge in [0, 0.05) is 30.4 Å². The predicted octanol–water partition coefficient (Wildman–Crippen LogP) is 3.89. The highest BCUT2D eigenvalue weighted by Crippen LogP contribution is 2.35. The average molecular weight is 272 g/mol. The number of benzene rings is 1. The summed E-state index contributed by atoms with van der Waals surface area (Å²) in [6.07, 6.45) is 8.14. The lowest BCUT2D eigenvalue weighted by molar-refractivity contribution is 0.196. The second-order valence-corrected chi connectivity index (χ2v) is 6.70. The number of para-hydroxylation sites is 1. The highest BCUT2D eigenvalue weighted by molar-refractivity contribution is 5.55. The molecule has 20 heavy (non-hydrogen) atoms. The van der Waals surface area contributed by atoms with Crippen molar-refractivity contribution in [2.75, 3.05) is 18.0 Å². The van der Waals surface area contributed by atoms with Crippen LogP contribution in [0.3, 0.4) is 0 Å². The third-order valence-electron chi connectivity index (χ3n) is 5.33. The molecule has 1 saturated heterocycles. The number of hydrogen-bond donors (Lipinski definition) is 1. The SMILES string of the molecule is CCC1CNC2(CCCCC2)CN1c1ccccc1C. The van der Waals surface area contributed by atoms with Gasteiger partial charge >= 0.3 is 0 Å². The Kier molecular flexibility index (Phi) is 4.02. The lowest BCUT2D eigenvalue weighted by Gasteiger charge is -2.51. The molecule has 1 heterocycles. The molecule has 0 aromatic heterocycles. The van der Waals surface area contributed by atoms with Gasteiger partial charge in [-0.2, -0.15) is 0 Å². The molecule has 2 heteroatoms. The minimum absolute atomic E-state index is 0.381. The molecule has 0 amide bonds. The van der Waals surface area contributed by atoms with Gasteiger partial charge in [-0.1, -0.05) is 44.4 Å². The Bertz CT molecular complexity index is 448. The summed E-state index contributed by atoms with van der Waals surface area (Å²) in [6, 6.07) is 9.53. The molecule has 2 aliphatic rings. The van der Waals surface area contributed by atoms with Gasteiger partial charge < -0.3 is 10.2 Å². The third-order valence-corrected chi connectivity index (χ3v) is 5.33. The molecule has 0 radical (unpaired) electrons. The molecular formula is C18H28N2. The molecule has 1 N–H and O–H groups in total. The van der Waals surface area contributed by atoms with E-state index < -0.39 is 0 Å². The van der Waals surface area contributed by atoms with E-state index in [9.17, 15) is 0 Å². The second-order valence-electron chi connectivity index (χ2n) is 6.70. The van der Waals surface area contributed by atoms with Gasteiger partial charge in [0.2, 0.25) is 0 Å². The quantitative estimate of drug-likeness (QED) is 0.879. The van der Waals surface area contributed by atoms with E-state index in [1.165, 1.54) is 56.3 Å². The molecular weight excluding hydrogens is 244 g/mol. The number of hydrogen-bond acceptors (Lipinski definition) is 2. The molecule has 3 rings (SSSR count). The Labute approximate surface area is 123 Å². The minimum Gasteiger partial charge on any atom is -0.365 e. The second kappa shape index (κ2) is 5.77. The molecule has 1 saturated carbocycles. The van der Waals surface area contributed by atoms with Gasteiger partial charge in [0.15, 0.2) is 0 Å². The number of anilines is 1. The van der Waals surface area contributed by atoms with Crippen LogP contribution in [0.25, 0.3) is 0 Å². The summed E-state index contributed by atoms with van der Waals surface area (Å²) in [5.41, 5.74) is 3.25. The maximum Gasteiger partial charge on any atom is 0.0413 e. The van der Waals surface area contributed by atoms with E-state index in [1.807, 2.05) is 0 Å². The van der Waals surface area contributed by atoms with Gasteiger partial charge in [-0.3, -0.25) is 0 Å². The fourth-order valence-electron chi connectivity index (χ4n) is 4.05. The Balaban J connectivity index is 1.87. The van der Waals surface area contributed by atoms with Crippen molar-refractivity contribution in [1.82, 2.24) is 5.32 Å². The molecule has 1 aromatic carbocycles. The number of piperazine rings is 1. The van der Waals surface area contributed by atoms with Crippen LogP contribution in [0.5, 0.6) is 0 Å². The normalized spacial score (nSPS) is 25.9. The van der Waals surface area contributed by atoms with Gasteiger partial charge in [0.1, 0.15) is 0 Å². The molecule has 1 spiro atoms. The van der Waals surface area contributed by atoms with E-state index in [1.54, 1.807) is 0 Å². The Morgan fingerprint density at radius 2 is 1.95 bits per heavy atom. The van der Waals surface area contributed by atoms with E-state index in [4.69, 9.17) is 0 Å². The molecule has 110 valence electrons. The van der Waals surface area contributed by atoms with E-state index in [0.29, 0.717) is 11.6 Å². The first-order valence-corrected chi connectivity index (χ1v) is 8.31. The Hall–Kier alpha value is -1.02. The number of aryl methyl sites for hydroxylation is 1. The first-order chi connectivity index (χ1) is 9.74. The van der Waals surface area contributed by atoms with Crippen molar-refractivity contribution in [3.05, 3.63) is 29.8 Å². The number of nitrogens with one attached hydrogen (secondary N) is 1. The van der Waals surface area contributed by atoms with Crippen LogP contribution in [-0.2, 0) is 0 Å². The van der Waals surface area contributed by atoms with Gasteiger partial charge in [-0.05, 0) is 37.8 Å². The molecule has 0 bridgehead atoms. The molecule has 2 fully saturated rings. The molecule has 1 aliphatic carbocycles. The van der Waals surface area contributed by atoms with Crippen LogP contribution in [0.15, 0.2) is 24.3 Å². The largest absolute Gasteiger partial charge is 0.365 e. The van der Waals surface area contributed by atoms with Gasteiger partial charge in [0.25, 0.3) is 0 Å². The fraction of sp³-hybridized carbons (Fsp3) is 0.667. The molecule has 1 atom stereocenters. The van der Waals surface area contributed by atoms with Crippen molar-refractivity contribution in [3.8, 4) is 0 Å². The Morgan fingerprint density at radius 1 is 1.20 bits per heavy atom.